The Balaban J connectivity index is 1.80. The fraction of sp³-hybridized carbons (Fsp3) is 0.273. The minimum absolute atomic E-state index is 0.0325. The Labute approximate surface area is 163 Å². The van der Waals surface area contributed by atoms with Gasteiger partial charge in [-0.3, -0.25) is 4.79 Å². The number of hydrogen-bond donors (Lipinski definition) is 2. The highest BCUT2D eigenvalue weighted by Gasteiger charge is 2.18. The molecule has 1 amide bonds. The lowest BCUT2D eigenvalue weighted by atomic mass is 9.87. The summed E-state index contributed by atoms with van der Waals surface area (Å²) < 4.78 is 5.12. The lowest BCUT2D eigenvalue weighted by Gasteiger charge is -2.18. The SMILES string of the molecule is CN(C(=O)c1cc2ccc(C(C)(C)C)cc2[nH]1)c1ccc(OCC(=O)O)cc1. The monoisotopic (exact) mass is 380 g/mol. The second-order valence-electron chi connectivity index (χ2n) is 7.78. The van der Waals surface area contributed by atoms with Crippen LogP contribution in [0.25, 0.3) is 10.9 Å². The van der Waals surface area contributed by atoms with E-state index in [4.69, 9.17) is 9.84 Å². The van der Waals surface area contributed by atoms with E-state index in [9.17, 15) is 9.59 Å². The standard InChI is InChI=1S/C22H24N2O4/c1-22(2,3)15-6-5-14-11-19(23-18(14)12-15)21(27)24(4)16-7-9-17(10-8-16)28-13-20(25)26/h5-12,23H,13H2,1-4H3,(H,25,26). The van der Waals surface area contributed by atoms with Gasteiger partial charge in [-0.05, 0) is 47.4 Å². The Morgan fingerprint density at radius 3 is 2.36 bits per heavy atom. The number of carbonyl (C=O) groups is 2. The lowest BCUT2D eigenvalue weighted by Crippen LogP contribution is -2.26. The van der Waals surface area contributed by atoms with Crippen LogP contribution in [0.15, 0.2) is 48.5 Å². The van der Waals surface area contributed by atoms with Gasteiger partial charge in [-0.1, -0.05) is 32.9 Å². The molecule has 0 fully saturated rings. The number of benzene rings is 2. The van der Waals surface area contributed by atoms with Gasteiger partial charge in [0.05, 0.1) is 0 Å². The van der Waals surface area contributed by atoms with Crippen LogP contribution in [0.5, 0.6) is 5.75 Å². The van der Waals surface area contributed by atoms with Crippen molar-refractivity contribution in [3.8, 4) is 5.75 Å². The van der Waals surface area contributed by atoms with E-state index in [0.29, 0.717) is 17.1 Å². The summed E-state index contributed by atoms with van der Waals surface area (Å²) in [6, 6.07) is 14.8. The number of aliphatic carboxylic acids is 1. The van der Waals surface area contributed by atoms with E-state index in [2.05, 4.69) is 37.9 Å². The third-order valence-electron chi connectivity index (χ3n) is 4.61. The zero-order chi connectivity index (χ0) is 20.5. The van der Waals surface area contributed by atoms with Crippen molar-refractivity contribution in [3.05, 3.63) is 59.8 Å². The van der Waals surface area contributed by atoms with E-state index in [-0.39, 0.29) is 11.3 Å². The highest BCUT2D eigenvalue weighted by Crippen LogP contribution is 2.27. The third kappa shape index (κ3) is 4.17. The molecule has 0 aliphatic rings. The van der Waals surface area contributed by atoms with Crippen LogP contribution in [0.3, 0.4) is 0 Å². The van der Waals surface area contributed by atoms with Gasteiger partial charge in [0.15, 0.2) is 6.61 Å². The van der Waals surface area contributed by atoms with Gasteiger partial charge in [0.25, 0.3) is 5.91 Å². The molecule has 0 saturated heterocycles. The number of carboxylic acids is 1. The molecule has 6 nitrogen and oxygen atoms in total. The number of nitrogens with one attached hydrogen (secondary N) is 1. The average Bonchev–Trinajstić information content (AvgIpc) is 3.08. The zero-order valence-electron chi connectivity index (χ0n) is 16.4. The smallest absolute Gasteiger partial charge is 0.341 e. The molecular formula is C22H24N2O4. The fourth-order valence-electron chi connectivity index (χ4n) is 2.92. The van der Waals surface area contributed by atoms with E-state index >= 15 is 0 Å². The van der Waals surface area contributed by atoms with Gasteiger partial charge in [-0.2, -0.15) is 0 Å². The molecule has 0 unspecified atom stereocenters. The van der Waals surface area contributed by atoms with Crippen molar-refractivity contribution in [2.75, 3.05) is 18.6 Å². The van der Waals surface area contributed by atoms with Crippen LogP contribution in [0.4, 0.5) is 5.69 Å². The topological polar surface area (TPSA) is 82.6 Å². The average molecular weight is 380 g/mol. The van der Waals surface area contributed by atoms with Crippen molar-refractivity contribution in [1.82, 2.24) is 4.98 Å². The van der Waals surface area contributed by atoms with Crippen molar-refractivity contribution in [2.24, 2.45) is 0 Å². The Bertz CT molecular complexity index is 1010. The predicted molar refractivity (Wildman–Crippen MR) is 109 cm³/mol. The molecule has 6 heteroatoms. The van der Waals surface area contributed by atoms with Gasteiger partial charge in [0.1, 0.15) is 11.4 Å². The van der Waals surface area contributed by atoms with Gasteiger partial charge in [-0.15, -0.1) is 0 Å². The summed E-state index contributed by atoms with van der Waals surface area (Å²) >= 11 is 0. The number of hydrogen-bond acceptors (Lipinski definition) is 3. The molecular weight excluding hydrogens is 356 g/mol. The Morgan fingerprint density at radius 2 is 1.75 bits per heavy atom. The molecule has 0 bridgehead atoms. The van der Waals surface area contributed by atoms with Gasteiger partial charge in [0.2, 0.25) is 0 Å². The van der Waals surface area contributed by atoms with Gasteiger partial charge in [0, 0.05) is 23.6 Å². The van der Waals surface area contributed by atoms with E-state index in [1.54, 1.807) is 31.3 Å². The molecule has 28 heavy (non-hydrogen) atoms. The second-order valence-corrected chi connectivity index (χ2v) is 7.78. The summed E-state index contributed by atoms with van der Waals surface area (Å²) in [5, 5.41) is 9.64. The first kappa shape index (κ1) is 19.5. The molecule has 2 N–H and O–H groups in total. The predicted octanol–water partition coefficient (Wildman–Crippen LogP) is 4.21. The second kappa shape index (κ2) is 7.38. The van der Waals surface area contributed by atoms with E-state index < -0.39 is 12.6 Å². The third-order valence-corrected chi connectivity index (χ3v) is 4.61. The number of carbonyl (C=O) groups excluding carboxylic acids is 1. The highest BCUT2D eigenvalue weighted by molar-refractivity contribution is 6.07. The van der Waals surface area contributed by atoms with Gasteiger partial charge >= 0.3 is 5.97 Å². The van der Waals surface area contributed by atoms with Crippen molar-refractivity contribution >= 4 is 28.5 Å². The molecule has 0 radical (unpaired) electrons. The van der Waals surface area contributed by atoms with Crippen LogP contribution in [0.2, 0.25) is 0 Å². The molecule has 0 atom stereocenters. The molecule has 2 aromatic carbocycles. The van der Waals surface area contributed by atoms with Crippen LogP contribution in [-0.2, 0) is 10.2 Å². The molecule has 3 rings (SSSR count). The Hall–Kier alpha value is -3.28. The van der Waals surface area contributed by atoms with Crippen molar-refractivity contribution < 1.29 is 19.4 Å². The molecule has 0 spiro atoms. The van der Waals surface area contributed by atoms with Gasteiger partial charge < -0.3 is 19.7 Å². The van der Waals surface area contributed by atoms with E-state index in [0.717, 1.165) is 10.9 Å². The maximum absolute atomic E-state index is 12.9. The van der Waals surface area contributed by atoms with Crippen LogP contribution in [0, 0.1) is 0 Å². The molecule has 0 saturated carbocycles. The number of nitrogens with zero attached hydrogens (tertiary/aromatic N) is 1. The number of ether oxygens (including phenoxy) is 1. The minimum atomic E-state index is -1.04. The first-order valence-corrected chi connectivity index (χ1v) is 9.01. The Morgan fingerprint density at radius 1 is 1.07 bits per heavy atom. The van der Waals surface area contributed by atoms with Crippen LogP contribution in [-0.4, -0.2) is 35.6 Å². The minimum Gasteiger partial charge on any atom is -0.482 e. The fourth-order valence-corrected chi connectivity index (χ4v) is 2.92. The van der Waals surface area contributed by atoms with Crippen molar-refractivity contribution in [3.63, 3.8) is 0 Å². The number of rotatable bonds is 5. The largest absolute Gasteiger partial charge is 0.482 e. The normalized spacial score (nSPS) is 11.4. The quantitative estimate of drug-likeness (QED) is 0.695. The van der Waals surface area contributed by atoms with Crippen molar-refractivity contribution in [2.45, 2.75) is 26.2 Å². The van der Waals surface area contributed by atoms with E-state index in [1.807, 2.05) is 12.1 Å². The Kier molecular flexibility index (Phi) is 5.14. The summed E-state index contributed by atoms with van der Waals surface area (Å²) in [5.74, 6) is -0.759. The van der Waals surface area contributed by atoms with Gasteiger partial charge in [-0.25, -0.2) is 4.79 Å². The van der Waals surface area contributed by atoms with Crippen LogP contribution in [0.1, 0.15) is 36.8 Å². The number of carboxylic acid groups (broad SMARTS) is 1. The van der Waals surface area contributed by atoms with Crippen LogP contribution < -0.4 is 9.64 Å². The first-order valence-electron chi connectivity index (χ1n) is 9.01. The molecule has 1 heterocycles. The number of H-pyrrole nitrogens is 1. The molecule has 0 aliphatic heterocycles. The number of amides is 1. The molecule has 146 valence electrons. The first-order chi connectivity index (χ1) is 13.1. The summed E-state index contributed by atoms with van der Waals surface area (Å²) in [4.78, 5) is 28.2. The summed E-state index contributed by atoms with van der Waals surface area (Å²) in [6.45, 7) is 6.06. The lowest BCUT2D eigenvalue weighted by molar-refractivity contribution is -0.139. The number of fused-ring (bicyclic) bond motifs is 1. The van der Waals surface area contributed by atoms with Crippen molar-refractivity contribution in [1.29, 1.82) is 0 Å². The maximum Gasteiger partial charge on any atom is 0.341 e. The number of anilines is 1. The number of aromatic nitrogens is 1. The highest BCUT2D eigenvalue weighted by atomic mass is 16.5. The van der Waals surface area contributed by atoms with E-state index in [1.165, 1.54) is 10.5 Å². The summed E-state index contributed by atoms with van der Waals surface area (Å²) in [7, 11) is 1.70. The molecule has 1 aromatic heterocycles. The molecule has 3 aromatic rings. The molecule has 0 aliphatic carbocycles. The zero-order valence-corrected chi connectivity index (χ0v) is 16.4. The maximum atomic E-state index is 12.9. The summed E-state index contributed by atoms with van der Waals surface area (Å²) in [6.07, 6.45) is 0. The number of aromatic amines is 1. The van der Waals surface area contributed by atoms with Crippen LogP contribution >= 0.6 is 0 Å². The summed E-state index contributed by atoms with van der Waals surface area (Å²) in [5.41, 5.74) is 3.36.